The molecular formula is C17H21FN2O3. The van der Waals surface area contributed by atoms with Gasteiger partial charge in [0.05, 0.1) is 18.2 Å². The summed E-state index contributed by atoms with van der Waals surface area (Å²) in [5.41, 5.74) is 2.18. The highest BCUT2D eigenvalue weighted by atomic mass is 19.1. The third-order valence-corrected chi connectivity index (χ3v) is 3.80. The maximum Gasteiger partial charge on any atom is 0.222 e. The maximum absolute atomic E-state index is 13.1. The van der Waals surface area contributed by atoms with Gasteiger partial charge in [-0.2, -0.15) is 0 Å². The van der Waals surface area contributed by atoms with Crippen LogP contribution < -0.4 is 5.32 Å². The Hall–Kier alpha value is -2.21. The van der Waals surface area contributed by atoms with E-state index < -0.39 is 11.9 Å². The van der Waals surface area contributed by atoms with Crippen LogP contribution >= 0.6 is 0 Å². The Bertz CT molecular complexity index is 665. The van der Waals surface area contributed by atoms with Gasteiger partial charge in [0.25, 0.3) is 0 Å². The molecule has 2 N–H and O–H groups in total. The standard InChI is InChI=1S/C17H21FN2O3/c1-10(17-11(2)20-23-12(17)3)9-19-16(22)8-15(21)13-5-4-6-14(18)7-13/h4-7,10,15,21H,8-9H2,1-3H3,(H,19,22). The van der Waals surface area contributed by atoms with Gasteiger partial charge in [0.15, 0.2) is 0 Å². The molecule has 0 bridgehead atoms. The second kappa shape index (κ2) is 7.37. The lowest BCUT2D eigenvalue weighted by atomic mass is 9.99. The van der Waals surface area contributed by atoms with E-state index in [9.17, 15) is 14.3 Å². The molecular weight excluding hydrogens is 299 g/mol. The Labute approximate surface area is 134 Å². The zero-order valence-corrected chi connectivity index (χ0v) is 13.5. The van der Waals surface area contributed by atoms with Crippen molar-refractivity contribution >= 4 is 5.91 Å². The molecule has 0 aliphatic carbocycles. The highest BCUT2D eigenvalue weighted by Crippen LogP contribution is 2.22. The van der Waals surface area contributed by atoms with Crippen molar-refractivity contribution in [3.05, 3.63) is 52.7 Å². The molecule has 1 amide bonds. The van der Waals surface area contributed by atoms with E-state index in [1.165, 1.54) is 18.2 Å². The van der Waals surface area contributed by atoms with Crippen LogP contribution in [0.5, 0.6) is 0 Å². The Kier molecular flexibility index (Phi) is 5.50. The number of halogens is 1. The minimum Gasteiger partial charge on any atom is -0.388 e. The molecule has 0 radical (unpaired) electrons. The van der Waals surface area contributed by atoms with E-state index in [1.54, 1.807) is 6.07 Å². The summed E-state index contributed by atoms with van der Waals surface area (Å²) in [7, 11) is 0. The van der Waals surface area contributed by atoms with Crippen LogP contribution in [0.3, 0.4) is 0 Å². The molecule has 5 nitrogen and oxygen atoms in total. The fourth-order valence-corrected chi connectivity index (χ4v) is 2.64. The van der Waals surface area contributed by atoms with Crippen LogP contribution in [0.2, 0.25) is 0 Å². The third kappa shape index (κ3) is 4.39. The molecule has 6 heteroatoms. The van der Waals surface area contributed by atoms with E-state index in [0.29, 0.717) is 12.1 Å². The summed E-state index contributed by atoms with van der Waals surface area (Å²) in [4.78, 5) is 12.0. The van der Waals surface area contributed by atoms with Crippen molar-refractivity contribution in [3.63, 3.8) is 0 Å². The zero-order chi connectivity index (χ0) is 17.0. The number of benzene rings is 1. The summed E-state index contributed by atoms with van der Waals surface area (Å²) in [6.07, 6.45) is -1.14. The normalized spacial score (nSPS) is 13.6. The van der Waals surface area contributed by atoms with Gasteiger partial charge in [-0.15, -0.1) is 0 Å². The van der Waals surface area contributed by atoms with Crippen LogP contribution in [0.1, 0.15) is 47.9 Å². The number of hydrogen-bond acceptors (Lipinski definition) is 4. The van der Waals surface area contributed by atoms with Crippen LogP contribution in [0.25, 0.3) is 0 Å². The zero-order valence-electron chi connectivity index (χ0n) is 13.5. The third-order valence-electron chi connectivity index (χ3n) is 3.80. The lowest BCUT2D eigenvalue weighted by Crippen LogP contribution is -2.29. The van der Waals surface area contributed by atoms with Crippen molar-refractivity contribution in [1.29, 1.82) is 0 Å². The maximum atomic E-state index is 13.1. The molecule has 0 saturated heterocycles. The van der Waals surface area contributed by atoms with Crippen molar-refractivity contribution in [2.45, 2.75) is 39.2 Å². The van der Waals surface area contributed by atoms with Gasteiger partial charge < -0.3 is 14.9 Å². The molecule has 2 atom stereocenters. The lowest BCUT2D eigenvalue weighted by Gasteiger charge is -2.14. The second-order valence-electron chi connectivity index (χ2n) is 5.72. The number of carbonyl (C=O) groups is 1. The van der Waals surface area contributed by atoms with Gasteiger partial charge in [-0.05, 0) is 31.5 Å². The summed E-state index contributed by atoms with van der Waals surface area (Å²) in [5.74, 6) is 0.0647. The molecule has 0 fully saturated rings. The molecule has 1 aromatic heterocycles. The van der Waals surface area contributed by atoms with Crippen molar-refractivity contribution in [3.8, 4) is 0 Å². The Morgan fingerprint density at radius 2 is 2.17 bits per heavy atom. The van der Waals surface area contributed by atoms with Crippen LogP contribution in [-0.4, -0.2) is 22.7 Å². The van der Waals surface area contributed by atoms with Gasteiger partial charge in [0, 0.05) is 18.0 Å². The van der Waals surface area contributed by atoms with Gasteiger partial charge in [-0.25, -0.2) is 4.39 Å². The predicted octanol–water partition coefficient (Wildman–Crippen LogP) is 2.77. The number of aryl methyl sites for hydroxylation is 2. The molecule has 1 heterocycles. The summed E-state index contributed by atoms with van der Waals surface area (Å²) in [5, 5.41) is 16.7. The van der Waals surface area contributed by atoms with Gasteiger partial charge in [0.2, 0.25) is 5.91 Å². The first kappa shape index (κ1) is 17.1. The monoisotopic (exact) mass is 320 g/mol. The predicted molar refractivity (Wildman–Crippen MR) is 83.4 cm³/mol. The van der Waals surface area contributed by atoms with Crippen molar-refractivity contribution < 1.29 is 18.8 Å². The molecule has 124 valence electrons. The number of nitrogens with one attached hydrogen (secondary N) is 1. The summed E-state index contributed by atoms with van der Waals surface area (Å²) >= 11 is 0. The number of hydrogen-bond donors (Lipinski definition) is 2. The van der Waals surface area contributed by atoms with Crippen LogP contribution in [0.15, 0.2) is 28.8 Å². The molecule has 2 aromatic rings. The lowest BCUT2D eigenvalue weighted by molar-refractivity contribution is -0.123. The van der Waals surface area contributed by atoms with E-state index in [-0.39, 0.29) is 18.2 Å². The Morgan fingerprint density at radius 3 is 2.78 bits per heavy atom. The molecule has 1 aromatic carbocycles. The average Bonchev–Trinajstić information content (AvgIpc) is 2.84. The number of carbonyl (C=O) groups excluding carboxylic acids is 1. The largest absolute Gasteiger partial charge is 0.388 e. The molecule has 23 heavy (non-hydrogen) atoms. The first-order valence-electron chi connectivity index (χ1n) is 7.51. The second-order valence-corrected chi connectivity index (χ2v) is 5.72. The molecule has 2 unspecified atom stereocenters. The number of nitrogens with zero attached hydrogens (tertiary/aromatic N) is 1. The fourth-order valence-electron chi connectivity index (χ4n) is 2.64. The van der Waals surface area contributed by atoms with E-state index in [2.05, 4.69) is 10.5 Å². The van der Waals surface area contributed by atoms with E-state index in [0.717, 1.165) is 17.0 Å². The van der Waals surface area contributed by atoms with Crippen molar-refractivity contribution in [2.75, 3.05) is 6.54 Å². The fraction of sp³-hybridized carbons (Fsp3) is 0.412. The van der Waals surface area contributed by atoms with Crippen LogP contribution in [0.4, 0.5) is 4.39 Å². The molecule has 0 aliphatic heterocycles. The average molecular weight is 320 g/mol. The highest BCUT2D eigenvalue weighted by molar-refractivity contribution is 5.76. The number of aromatic nitrogens is 1. The SMILES string of the molecule is Cc1noc(C)c1C(C)CNC(=O)CC(O)c1cccc(F)c1. The minimum atomic E-state index is -1.03. The van der Waals surface area contributed by atoms with Crippen LogP contribution in [0, 0.1) is 19.7 Å². The summed E-state index contributed by atoms with van der Waals surface area (Å²) in [6, 6.07) is 5.62. The van der Waals surface area contributed by atoms with Crippen molar-refractivity contribution in [1.82, 2.24) is 10.5 Å². The molecule has 2 rings (SSSR count). The number of amides is 1. The number of aliphatic hydroxyl groups is 1. The highest BCUT2D eigenvalue weighted by Gasteiger charge is 2.18. The van der Waals surface area contributed by atoms with E-state index in [4.69, 9.17) is 4.52 Å². The first-order chi connectivity index (χ1) is 10.9. The number of aliphatic hydroxyl groups excluding tert-OH is 1. The first-order valence-corrected chi connectivity index (χ1v) is 7.51. The molecule has 0 spiro atoms. The minimum absolute atomic E-state index is 0.0523. The number of rotatable bonds is 6. The molecule has 0 aliphatic rings. The Balaban J connectivity index is 1.88. The summed E-state index contributed by atoms with van der Waals surface area (Å²) in [6.45, 7) is 6.08. The quantitative estimate of drug-likeness (QED) is 0.858. The van der Waals surface area contributed by atoms with E-state index >= 15 is 0 Å². The topological polar surface area (TPSA) is 75.4 Å². The molecule has 0 saturated carbocycles. The van der Waals surface area contributed by atoms with Gasteiger partial charge >= 0.3 is 0 Å². The Morgan fingerprint density at radius 1 is 1.43 bits per heavy atom. The van der Waals surface area contributed by atoms with Crippen molar-refractivity contribution in [2.24, 2.45) is 0 Å². The van der Waals surface area contributed by atoms with Gasteiger partial charge in [-0.1, -0.05) is 24.2 Å². The summed E-state index contributed by atoms with van der Waals surface area (Å²) < 4.78 is 18.2. The van der Waals surface area contributed by atoms with Gasteiger partial charge in [0.1, 0.15) is 11.6 Å². The van der Waals surface area contributed by atoms with Crippen LogP contribution in [-0.2, 0) is 4.79 Å². The van der Waals surface area contributed by atoms with E-state index in [1.807, 2.05) is 20.8 Å². The van der Waals surface area contributed by atoms with Gasteiger partial charge in [-0.3, -0.25) is 4.79 Å². The smallest absolute Gasteiger partial charge is 0.222 e.